The summed E-state index contributed by atoms with van der Waals surface area (Å²) in [6.45, 7) is 3.54. The third-order valence-corrected chi connectivity index (χ3v) is 5.98. The number of piperazine rings is 1. The first-order chi connectivity index (χ1) is 16.1. The summed E-state index contributed by atoms with van der Waals surface area (Å²) in [5.74, 6) is -0.289. The van der Waals surface area contributed by atoms with Crippen LogP contribution in [-0.4, -0.2) is 56.8 Å². The maximum atomic E-state index is 13.3. The summed E-state index contributed by atoms with van der Waals surface area (Å²) in [5, 5.41) is 0. The number of rotatable bonds is 7. The summed E-state index contributed by atoms with van der Waals surface area (Å²) in [7, 11) is 0. The van der Waals surface area contributed by atoms with Crippen LogP contribution in [-0.2, 0) is 22.6 Å². The minimum atomic E-state index is -0.590. The van der Waals surface area contributed by atoms with E-state index in [1.807, 2.05) is 54.3 Å². The molecule has 2 aromatic carbocycles. The maximum absolute atomic E-state index is 13.3. The van der Waals surface area contributed by atoms with Crippen molar-refractivity contribution >= 4 is 11.8 Å². The van der Waals surface area contributed by atoms with E-state index in [4.69, 9.17) is 0 Å². The van der Waals surface area contributed by atoms with Gasteiger partial charge in [-0.1, -0.05) is 61.5 Å². The molecule has 1 atom stereocenters. The summed E-state index contributed by atoms with van der Waals surface area (Å²) < 4.78 is 1.27. The van der Waals surface area contributed by atoms with E-state index in [1.54, 1.807) is 17.2 Å². The molecule has 1 aliphatic heterocycles. The molecule has 3 aromatic rings. The molecule has 0 aliphatic carbocycles. The fourth-order valence-electron chi connectivity index (χ4n) is 4.26. The Hall–Kier alpha value is -3.74. The largest absolute Gasteiger partial charge is 0.347 e. The van der Waals surface area contributed by atoms with E-state index < -0.39 is 11.7 Å². The summed E-state index contributed by atoms with van der Waals surface area (Å²) >= 11 is 0. The molecule has 2 heterocycles. The van der Waals surface area contributed by atoms with Crippen molar-refractivity contribution in [3.8, 4) is 11.1 Å². The molecule has 0 saturated carbocycles. The first-order valence-electron chi connectivity index (χ1n) is 11.3. The van der Waals surface area contributed by atoms with Crippen LogP contribution in [0.15, 0.2) is 77.9 Å². The van der Waals surface area contributed by atoms with Gasteiger partial charge in [0.1, 0.15) is 12.6 Å². The molecule has 0 N–H and O–H groups in total. The standard InChI is InChI=1S/C26H28N4O3/c1-2-14-28-16-17-30(24(31)19-29-15-6-13-27-26(29)33)23(25(28)32)18-20-9-11-22(12-10-20)21-7-4-3-5-8-21/h3-13,15,23H,2,14,16-19H2,1H3/t23-/m1/s1. The summed E-state index contributed by atoms with van der Waals surface area (Å²) in [4.78, 5) is 45.6. The Morgan fingerprint density at radius 1 is 0.970 bits per heavy atom. The average Bonchev–Trinajstić information content (AvgIpc) is 2.84. The van der Waals surface area contributed by atoms with E-state index >= 15 is 0 Å². The minimum Gasteiger partial charge on any atom is -0.339 e. The smallest absolute Gasteiger partial charge is 0.339 e. The number of amides is 2. The lowest BCUT2D eigenvalue weighted by Gasteiger charge is -2.41. The van der Waals surface area contributed by atoms with Crippen LogP contribution in [0.3, 0.4) is 0 Å². The van der Waals surface area contributed by atoms with Crippen LogP contribution in [0.25, 0.3) is 11.1 Å². The fraction of sp³-hybridized carbons (Fsp3) is 0.308. The van der Waals surface area contributed by atoms with Crippen LogP contribution in [0.2, 0.25) is 0 Å². The van der Waals surface area contributed by atoms with Gasteiger partial charge < -0.3 is 9.80 Å². The molecule has 1 saturated heterocycles. The molecule has 1 aromatic heterocycles. The van der Waals surface area contributed by atoms with Gasteiger partial charge in [-0.15, -0.1) is 0 Å². The lowest BCUT2D eigenvalue weighted by atomic mass is 9.98. The Labute approximate surface area is 193 Å². The van der Waals surface area contributed by atoms with Crippen molar-refractivity contribution in [2.24, 2.45) is 0 Å². The summed E-state index contributed by atoms with van der Waals surface area (Å²) in [6.07, 6.45) is 4.24. The van der Waals surface area contributed by atoms with Crippen LogP contribution in [0.5, 0.6) is 0 Å². The molecule has 4 rings (SSSR count). The molecule has 33 heavy (non-hydrogen) atoms. The predicted octanol–water partition coefficient (Wildman–Crippen LogP) is 2.60. The second kappa shape index (κ2) is 10.3. The van der Waals surface area contributed by atoms with Crippen molar-refractivity contribution < 1.29 is 9.59 Å². The molecule has 170 valence electrons. The zero-order valence-electron chi connectivity index (χ0n) is 18.8. The van der Waals surface area contributed by atoms with Crippen molar-refractivity contribution in [1.82, 2.24) is 19.4 Å². The lowest BCUT2D eigenvalue weighted by Crippen LogP contribution is -2.60. The van der Waals surface area contributed by atoms with Gasteiger partial charge in [0.15, 0.2) is 0 Å². The third-order valence-electron chi connectivity index (χ3n) is 5.98. The number of hydrogen-bond donors (Lipinski definition) is 0. The highest BCUT2D eigenvalue weighted by atomic mass is 16.2. The highest BCUT2D eigenvalue weighted by molar-refractivity contribution is 5.89. The summed E-state index contributed by atoms with van der Waals surface area (Å²) in [5.41, 5.74) is 2.74. The zero-order chi connectivity index (χ0) is 23.2. The summed E-state index contributed by atoms with van der Waals surface area (Å²) in [6, 6.07) is 19.3. The van der Waals surface area contributed by atoms with Crippen molar-refractivity contribution in [2.75, 3.05) is 19.6 Å². The zero-order valence-corrected chi connectivity index (χ0v) is 18.8. The first kappa shape index (κ1) is 22.5. The normalized spacial score (nSPS) is 16.2. The lowest BCUT2D eigenvalue weighted by molar-refractivity contribution is -0.151. The minimum absolute atomic E-state index is 0.0397. The average molecular weight is 445 g/mol. The van der Waals surface area contributed by atoms with Gasteiger partial charge in [-0.25, -0.2) is 9.78 Å². The number of benzene rings is 2. The number of aromatic nitrogens is 2. The van der Waals surface area contributed by atoms with E-state index in [2.05, 4.69) is 17.1 Å². The van der Waals surface area contributed by atoms with Gasteiger partial charge in [-0.3, -0.25) is 14.2 Å². The quantitative estimate of drug-likeness (QED) is 0.561. The van der Waals surface area contributed by atoms with Gasteiger partial charge >= 0.3 is 5.69 Å². The van der Waals surface area contributed by atoms with Gasteiger partial charge in [0.05, 0.1) is 0 Å². The number of nitrogens with zero attached hydrogens (tertiary/aromatic N) is 4. The van der Waals surface area contributed by atoms with Crippen LogP contribution in [0.1, 0.15) is 18.9 Å². The highest BCUT2D eigenvalue weighted by Crippen LogP contribution is 2.22. The van der Waals surface area contributed by atoms with Gasteiger partial charge in [0, 0.05) is 38.4 Å². The Morgan fingerprint density at radius 3 is 2.39 bits per heavy atom. The first-order valence-corrected chi connectivity index (χ1v) is 11.3. The van der Waals surface area contributed by atoms with Gasteiger partial charge in [-0.2, -0.15) is 0 Å². The Kier molecular flexibility index (Phi) is 6.98. The maximum Gasteiger partial charge on any atom is 0.347 e. The molecule has 7 heteroatoms. The molecule has 0 unspecified atom stereocenters. The monoisotopic (exact) mass is 444 g/mol. The van der Waals surface area contributed by atoms with Crippen LogP contribution in [0, 0.1) is 0 Å². The van der Waals surface area contributed by atoms with Crippen LogP contribution >= 0.6 is 0 Å². The third kappa shape index (κ3) is 5.19. The van der Waals surface area contributed by atoms with Crippen molar-refractivity contribution in [3.63, 3.8) is 0 Å². The van der Waals surface area contributed by atoms with E-state index in [9.17, 15) is 14.4 Å². The number of carbonyl (C=O) groups is 2. The second-order valence-corrected chi connectivity index (χ2v) is 8.23. The topological polar surface area (TPSA) is 75.5 Å². The van der Waals surface area contributed by atoms with Crippen molar-refractivity contribution in [3.05, 3.63) is 89.1 Å². The molecular formula is C26H28N4O3. The second-order valence-electron chi connectivity index (χ2n) is 8.23. The number of hydrogen-bond acceptors (Lipinski definition) is 4. The highest BCUT2D eigenvalue weighted by Gasteiger charge is 2.37. The van der Waals surface area contributed by atoms with E-state index in [0.717, 1.165) is 23.1 Å². The Morgan fingerprint density at radius 2 is 1.70 bits per heavy atom. The van der Waals surface area contributed by atoms with E-state index in [0.29, 0.717) is 26.1 Å². The van der Waals surface area contributed by atoms with Crippen molar-refractivity contribution in [2.45, 2.75) is 32.4 Å². The molecule has 7 nitrogen and oxygen atoms in total. The predicted molar refractivity (Wildman–Crippen MR) is 126 cm³/mol. The van der Waals surface area contributed by atoms with Gasteiger partial charge in [0.2, 0.25) is 11.8 Å². The van der Waals surface area contributed by atoms with Crippen LogP contribution < -0.4 is 5.69 Å². The number of carbonyl (C=O) groups excluding carboxylic acids is 2. The van der Waals surface area contributed by atoms with E-state index in [-0.39, 0.29) is 18.4 Å². The molecule has 1 aliphatic rings. The molecule has 0 spiro atoms. The van der Waals surface area contributed by atoms with Crippen LogP contribution in [0.4, 0.5) is 0 Å². The van der Waals surface area contributed by atoms with Gasteiger partial charge in [-0.05, 0) is 29.2 Å². The van der Waals surface area contributed by atoms with Crippen molar-refractivity contribution in [1.29, 1.82) is 0 Å². The molecule has 1 fully saturated rings. The molecule has 0 bridgehead atoms. The fourth-order valence-corrected chi connectivity index (χ4v) is 4.26. The van der Waals surface area contributed by atoms with E-state index in [1.165, 1.54) is 10.8 Å². The molecule has 2 amide bonds. The Bertz CT molecular complexity index is 1160. The molecule has 0 radical (unpaired) electrons. The Balaban J connectivity index is 1.55. The van der Waals surface area contributed by atoms with Gasteiger partial charge in [0.25, 0.3) is 0 Å². The molecular weight excluding hydrogens is 416 g/mol. The SMILES string of the molecule is CCCN1CCN(C(=O)Cn2cccnc2=O)[C@H](Cc2ccc(-c3ccccc3)cc2)C1=O.